The van der Waals surface area contributed by atoms with Gasteiger partial charge in [0.1, 0.15) is 11.6 Å². The normalized spacial score (nSPS) is 22.2. The number of rotatable bonds is 4. The maximum absolute atomic E-state index is 9.48. The summed E-state index contributed by atoms with van der Waals surface area (Å²) in [5, 5.41) is 15.2. The minimum atomic E-state index is -0.195. The number of morpholine rings is 1. The van der Waals surface area contributed by atoms with E-state index in [1.807, 2.05) is 23.9 Å². The van der Waals surface area contributed by atoms with Gasteiger partial charge in [-0.15, -0.1) is 0 Å². The van der Waals surface area contributed by atoms with Gasteiger partial charge in [-0.25, -0.2) is 14.6 Å². The van der Waals surface area contributed by atoms with Gasteiger partial charge >= 0.3 is 0 Å². The van der Waals surface area contributed by atoms with E-state index < -0.39 is 0 Å². The highest BCUT2D eigenvalue weighted by atomic mass is 16.5. The molecule has 2 aliphatic rings. The van der Waals surface area contributed by atoms with E-state index in [-0.39, 0.29) is 18.8 Å². The van der Waals surface area contributed by atoms with Crippen molar-refractivity contribution in [1.82, 2.24) is 19.7 Å². The summed E-state index contributed by atoms with van der Waals surface area (Å²) in [4.78, 5) is 11.5. The summed E-state index contributed by atoms with van der Waals surface area (Å²) in [5.41, 5.74) is 3.50. The smallest absolute Gasteiger partial charge is 0.159 e. The lowest BCUT2D eigenvalue weighted by atomic mass is 9.96. The summed E-state index contributed by atoms with van der Waals surface area (Å²) < 4.78 is 13.5. The number of aliphatic hydroxyl groups excluding tert-OH is 1. The van der Waals surface area contributed by atoms with Crippen LogP contribution < -0.4 is 4.90 Å². The van der Waals surface area contributed by atoms with E-state index in [1.54, 1.807) is 0 Å². The molecule has 164 valence electrons. The maximum atomic E-state index is 9.48. The summed E-state index contributed by atoms with van der Waals surface area (Å²) in [6.07, 6.45) is 5.23. The number of aryl methyl sites for hydroxylation is 2. The zero-order valence-electron chi connectivity index (χ0n) is 18.1. The number of hydrogen-bond donors (Lipinski definition) is 1. The monoisotopic (exact) mass is 423 g/mol. The molecule has 8 nitrogen and oxygen atoms in total. The van der Waals surface area contributed by atoms with Gasteiger partial charge in [-0.3, -0.25) is 0 Å². The van der Waals surface area contributed by atoms with Gasteiger partial charge in [-0.2, -0.15) is 5.10 Å². The van der Waals surface area contributed by atoms with Crippen molar-refractivity contribution >= 4 is 16.7 Å². The van der Waals surface area contributed by atoms with Gasteiger partial charge in [-0.1, -0.05) is 0 Å². The Hall–Kier alpha value is -2.55. The first-order valence-electron chi connectivity index (χ1n) is 11.1. The van der Waals surface area contributed by atoms with Crippen LogP contribution in [-0.2, 0) is 9.47 Å². The molecule has 0 radical (unpaired) electrons. The minimum absolute atomic E-state index is 0.00256. The first-order chi connectivity index (χ1) is 15.1. The van der Waals surface area contributed by atoms with Crippen molar-refractivity contribution in [2.75, 3.05) is 37.8 Å². The molecule has 1 aromatic carbocycles. The number of benzene rings is 1. The molecule has 5 rings (SSSR count). The molecule has 0 saturated carbocycles. The minimum Gasteiger partial charge on any atom is -0.394 e. The summed E-state index contributed by atoms with van der Waals surface area (Å²) in [7, 11) is 0. The van der Waals surface area contributed by atoms with Crippen LogP contribution in [-0.4, -0.2) is 63.9 Å². The largest absolute Gasteiger partial charge is 0.394 e. The number of aromatic nitrogens is 4. The van der Waals surface area contributed by atoms with Crippen molar-refractivity contribution in [3.05, 3.63) is 41.3 Å². The second-order valence-electron chi connectivity index (χ2n) is 8.43. The number of aliphatic hydroxyl groups is 1. The van der Waals surface area contributed by atoms with Crippen LogP contribution in [0.15, 0.2) is 24.4 Å². The summed E-state index contributed by atoms with van der Waals surface area (Å²) in [6.45, 7) is 6.77. The summed E-state index contributed by atoms with van der Waals surface area (Å²) in [5.74, 6) is 2.26. The third-order valence-electron chi connectivity index (χ3n) is 6.18. The van der Waals surface area contributed by atoms with Crippen LogP contribution in [0.5, 0.6) is 0 Å². The lowest BCUT2D eigenvalue weighted by molar-refractivity contribution is 0.00335. The Kier molecular flexibility index (Phi) is 5.60. The Morgan fingerprint density at radius 1 is 1.06 bits per heavy atom. The number of anilines is 1. The van der Waals surface area contributed by atoms with E-state index in [2.05, 4.69) is 39.0 Å². The van der Waals surface area contributed by atoms with Gasteiger partial charge in [0, 0.05) is 31.1 Å². The van der Waals surface area contributed by atoms with Crippen LogP contribution in [0.25, 0.3) is 16.7 Å². The standard InChI is InChI=1S/C23H29N5O3/c1-15-9-17-12-24-28(20(17)10-19(15)21-5-3-4-7-31-21)23-11-22(25-16(2)26-23)27-6-8-30-18(13-27)14-29/h9-12,18,21,29H,3-8,13-14H2,1-2H3/t18-,21?/m0/s1. The van der Waals surface area contributed by atoms with Gasteiger partial charge in [0.05, 0.1) is 37.1 Å². The predicted molar refractivity (Wildman–Crippen MR) is 118 cm³/mol. The zero-order valence-corrected chi connectivity index (χ0v) is 18.1. The lowest BCUT2D eigenvalue weighted by Gasteiger charge is -2.33. The fourth-order valence-corrected chi connectivity index (χ4v) is 4.56. The van der Waals surface area contributed by atoms with Crippen LogP contribution in [0.1, 0.15) is 42.3 Å². The molecule has 2 aliphatic heterocycles. The number of hydrogen-bond acceptors (Lipinski definition) is 7. The van der Waals surface area contributed by atoms with E-state index in [4.69, 9.17) is 9.47 Å². The molecule has 2 saturated heterocycles. The molecule has 0 spiro atoms. The molecule has 4 heterocycles. The number of ether oxygens (including phenoxy) is 2. The number of fused-ring (bicyclic) bond motifs is 1. The molecular formula is C23H29N5O3. The molecule has 1 N–H and O–H groups in total. The van der Waals surface area contributed by atoms with Crippen molar-refractivity contribution in [3.8, 4) is 5.82 Å². The Bertz CT molecular complexity index is 1080. The first-order valence-corrected chi connectivity index (χ1v) is 11.1. The van der Waals surface area contributed by atoms with Crippen LogP contribution in [0.3, 0.4) is 0 Å². The Balaban J connectivity index is 1.54. The fraction of sp³-hybridized carbons (Fsp3) is 0.522. The molecule has 8 heteroatoms. The fourth-order valence-electron chi connectivity index (χ4n) is 4.56. The van der Waals surface area contributed by atoms with Gasteiger partial charge in [0.15, 0.2) is 5.82 Å². The molecule has 31 heavy (non-hydrogen) atoms. The predicted octanol–water partition coefficient (Wildman–Crippen LogP) is 2.87. The van der Waals surface area contributed by atoms with E-state index in [1.165, 1.54) is 17.5 Å². The maximum Gasteiger partial charge on any atom is 0.159 e. The molecular weight excluding hydrogens is 394 g/mol. The van der Waals surface area contributed by atoms with Crippen LogP contribution >= 0.6 is 0 Å². The molecule has 0 bridgehead atoms. The van der Waals surface area contributed by atoms with Crippen LogP contribution in [0, 0.1) is 13.8 Å². The summed E-state index contributed by atoms with van der Waals surface area (Å²) >= 11 is 0. The SMILES string of the molecule is Cc1nc(N2CCO[C@H](CO)C2)cc(-n2ncc3cc(C)c(C4CCCCO4)cc32)n1. The van der Waals surface area contributed by atoms with E-state index in [0.717, 1.165) is 48.5 Å². The van der Waals surface area contributed by atoms with Gasteiger partial charge in [0.25, 0.3) is 0 Å². The third-order valence-corrected chi connectivity index (χ3v) is 6.18. The third kappa shape index (κ3) is 4.03. The van der Waals surface area contributed by atoms with Crippen molar-refractivity contribution in [2.45, 2.75) is 45.3 Å². The van der Waals surface area contributed by atoms with Crippen molar-refractivity contribution < 1.29 is 14.6 Å². The number of nitrogens with zero attached hydrogens (tertiary/aromatic N) is 5. The topological polar surface area (TPSA) is 85.5 Å². The highest BCUT2D eigenvalue weighted by Crippen LogP contribution is 2.33. The van der Waals surface area contributed by atoms with Crippen molar-refractivity contribution in [2.24, 2.45) is 0 Å². The second-order valence-corrected chi connectivity index (χ2v) is 8.43. The molecule has 2 aromatic heterocycles. The molecule has 0 amide bonds. The van der Waals surface area contributed by atoms with Crippen LogP contribution in [0.2, 0.25) is 0 Å². The highest BCUT2D eigenvalue weighted by Gasteiger charge is 2.23. The van der Waals surface area contributed by atoms with Crippen molar-refractivity contribution in [1.29, 1.82) is 0 Å². The molecule has 3 aromatic rings. The molecule has 0 aliphatic carbocycles. The van der Waals surface area contributed by atoms with Gasteiger partial charge in [0.2, 0.25) is 0 Å². The Labute approximate surface area is 181 Å². The molecule has 2 fully saturated rings. The van der Waals surface area contributed by atoms with E-state index >= 15 is 0 Å². The van der Waals surface area contributed by atoms with E-state index in [0.29, 0.717) is 19.0 Å². The van der Waals surface area contributed by atoms with E-state index in [9.17, 15) is 5.11 Å². The van der Waals surface area contributed by atoms with Gasteiger partial charge < -0.3 is 19.5 Å². The second kappa shape index (κ2) is 8.53. The summed E-state index contributed by atoms with van der Waals surface area (Å²) in [6, 6.07) is 6.37. The zero-order chi connectivity index (χ0) is 21.4. The quantitative estimate of drug-likeness (QED) is 0.691. The average molecular weight is 424 g/mol. The average Bonchev–Trinajstić information content (AvgIpc) is 3.21. The highest BCUT2D eigenvalue weighted by molar-refractivity contribution is 5.82. The Morgan fingerprint density at radius 2 is 1.94 bits per heavy atom. The van der Waals surface area contributed by atoms with Crippen molar-refractivity contribution in [3.63, 3.8) is 0 Å². The van der Waals surface area contributed by atoms with Gasteiger partial charge in [-0.05, 0) is 56.4 Å². The lowest BCUT2D eigenvalue weighted by Crippen LogP contribution is -2.44. The molecule has 2 atom stereocenters. The Morgan fingerprint density at radius 3 is 2.74 bits per heavy atom. The van der Waals surface area contributed by atoms with Crippen LogP contribution in [0.4, 0.5) is 5.82 Å². The first kappa shape index (κ1) is 20.4. The molecule has 1 unspecified atom stereocenters.